The maximum Gasteiger partial charge on any atom is 0.254 e. The monoisotopic (exact) mass is 276 g/mol. The van der Waals surface area contributed by atoms with E-state index < -0.39 is 0 Å². The van der Waals surface area contributed by atoms with E-state index in [9.17, 15) is 15.0 Å². The van der Waals surface area contributed by atoms with Gasteiger partial charge < -0.3 is 20.4 Å². The van der Waals surface area contributed by atoms with Crippen LogP contribution < -0.4 is 5.32 Å². The molecule has 1 saturated carbocycles. The molecule has 2 fully saturated rings. The zero-order valence-electron chi connectivity index (χ0n) is 11.4. The number of nitrogens with zero attached hydrogens (tertiary/aromatic N) is 1. The van der Waals surface area contributed by atoms with Crippen molar-refractivity contribution in [1.82, 2.24) is 10.2 Å². The molecule has 2 aliphatic rings. The maximum absolute atomic E-state index is 12.6. The number of hydrogen-bond donors (Lipinski definition) is 3. The third-order valence-electron chi connectivity index (χ3n) is 3.98. The molecule has 1 amide bonds. The highest BCUT2D eigenvalue weighted by molar-refractivity contribution is 5.95. The molecule has 1 aliphatic carbocycles. The van der Waals surface area contributed by atoms with Crippen LogP contribution in [0.25, 0.3) is 0 Å². The molecule has 3 rings (SSSR count). The second-order valence-electron chi connectivity index (χ2n) is 5.72. The molecule has 1 aromatic rings. The topological polar surface area (TPSA) is 72.8 Å². The summed E-state index contributed by atoms with van der Waals surface area (Å²) in [6, 6.07) is 4.75. The standard InChI is InChI=1S/C15H20N2O3/c18-13-6-10(7-14(19)8-13)15(20)17(12-3-4-12)9-11-2-1-5-16-11/h6-8,11-12,16,18-19H,1-5,9H2. The lowest BCUT2D eigenvalue weighted by Crippen LogP contribution is -2.42. The Labute approximate surface area is 118 Å². The number of carbonyl (C=O) groups excluding carboxylic acids is 1. The molecular formula is C15H20N2O3. The molecule has 1 aliphatic heterocycles. The molecule has 108 valence electrons. The number of benzene rings is 1. The van der Waals surface area contributed by atoms with Crippen LogP contribution in [0.2, 0.25) is 0 Å². The van der Waals surface area contributed by atoms with Crippen molar-refractivity contribution < 1.29 is 15.0 Å². The van der Waals surface area contributed by atoms with Gasteiger partial charge in [0.1, 0.15) is 11.5 Å². The molecule has 0 spiro atoms. The number of phenols is 2. The number of carbonyl (C=O) groups is 1. The maximum atomic E-state index is 12.6. The van der Waals surface area contributed by atoms with Crippen molar-refractivity contribution in [3.05, 3.63) is 23.8 Å². The number of phenolic OH excluding ortho intramolecular Hbond substituents is 2. The third kappa shape index (κ3) is 2.88. The van der Waals surface area contributed by atoms with Gasteiger partial charge in [-0.2, -0.15) is 0 Å². The van der Waals surface area contributed by atoms with Crippen LogP contribution in [0.3, 0.4) is 0 Å². The van der Waals surface area contributed by atoms with E-state index in [4.69, 9.17) is 0 Å². The average Bonchev–Trinajstić information content (AvgIpc) is 3.11. The minimum absolute atomic E-state index is 0.0805. The van der Waals surface area contributed by atoms with E-state index in [1.807, 2.05) is 4.90 Å². The first-order chi connectivity index (χ1) is 9.63. The van der Waals surface area contributed by atoms with Crippen LogP contribution in [-0.2, 0) is 0 Å². The first-order valence-corrected chi connectivity index (χ1v) is 7.21. The Balaban J connectivity index is 1.77. The van der Waals surface area contributed by atoms with Crippen LogP contribution in [0.4, 0.5) is 0 Å². The Kier molecular flexibility index (Phi) is 3.53. The lowest BCUT2D eigenvalue weighted by atomic mass is 10.1. The summed E-state index contributed by atoms with van der Waals surface area (Å²) in [6.45, 7) is 1.73. The predicted molar refractivity (Wildman–Crippen MR) is 74.9 cm³/mol. The third-order valence-corrected chi connectivity index (χ3v) is 3.98. The van der Waals surface area contributed by atoms with Gasteiger partial charge in [0.2, 0.25) is 0 Å². The molecule has 20 heavy (non-hydrogen) atoms. The highest BCUT2D eigenvalue weighted by atomic mass is 16.3. The molecule has 1 unspecified atom stereocenters. The van der Waals surface area contributed by atoms with Crippen LogP contribution >= 0.6 is 0 Å². The zero-order valence-corrected chi connectivity index (χ0v) is 11.4. The van der Waals surface area contributed by atoms with Crippen molar-refractivity contribution in [3.63, 3.8) is 0 Å². The van der Waals surface area contributed by atoms with Gasteiger partial charge >= 0.3 is 0 Å². The van der Waals surface area contributed by atoms with E-state index in [0.29, 0.717) is 24.2 Å². The summed E-state index contributed by atoms with van der Waals surface area (Å²) in [7, 11) is 0. The molecule has 3 N–H and O–H groups in total. The minimum Gasteiger partial charge on any atom is -0.508 e. The first-order valence-electron chi connectivity index (χ1n) is 7.21. The molecule has 5 heteroatoms. The number of rotatable bonds is 4. The first kappa shape index (κ1) is 13.2. The van der Waals surface area contributed by atoms with Gasteiger partial charge in [-0.25, -0.2) is 0 Å². The van der Waals surface area contributed by atoms with Crippen LogP contribution in [0.1, 0.15) is 36.0 Å². The van der Waals surface area contributed by atoms with Crippen molar-refractivity contribution in [2.24, 2.45) is 0 Å². The lowest BCUT2D eigenvalue weighted by molar-refractivity contribution is 0.0727. The van der Waals surface area contributed by atoms with Gasteiger partial charge in [0, 0.05) is 30.3 Å². The second-order valence-corrected chi connectivity index (χ2v) is 5.72. The van der Waals surface area contributed by atoms with Gasteiger partial charge in [-0.15, -0.1) is 0 Å². The fourth-order valence-corrected chi connectivity index (χ4v) is 2.82. The molecule has 0 radical (unpaired) electrons. The fourth-order valence-electron chi connectivity index (χ4n) is 2.82. The van der Waals surface area contributed by atoms with Crippen molar-refractivity contribution in [2.45, 2.75) is 37.8 Å². The summed E-state index contributed by atoms with van der Waals surface area (Å²) in [5.41, 5.74) is 0.354. The summed E-state index contributed by atoms with van der Waals surface area (Å²) in [4.78, 5) is 14.5. The van der Waals surface area contributed by atoms with E-state index in [0.717, 1.165) is 32.2 Å². The van der Waals surface area contributed by atoms with Crippen molar-refractivity contribution >= 4 is 5.91 Å². The highest BCUT2D eigenvalue weighted by Gasteiger charge is 2.35. The lowest BCUT2D eigenvalue weighted by Gasteiger charge is -2.26. The van der Waals surface area contributed by atoms with Crippen LogP contribution in [0.15, 0.2) is 18.2 Å². The van der Waals surface area contributed by atoms with Crippen LogP contribution in [-0.4, -0.2) is 46.2 Å². The Morgan fingerprint density at radius 1 is 1.20 bits per heavy atom. The number of nitrogens with one attached hydrogen (secondary N) is 1. The van der Waals surface area contributed by atoms with Gasteiger partial charge in [-0.3, -0.25) is 4.79 Å². The normalized spacial score (nSPS) is 21.9. The van der Waals surface area contributed by atoms with Gasteiger partial charge in [0.15, 0.2) is 0 Å². The highest BCUT2D eigenvalue weighted by Crippen LogP contribution is 2.30. The summed E-state index contributed by atoms with van der Waals surface area (Å²) in [5, 5.41) is 22.4. The molecule has 5 nitrogen and oxygen atoms in total. The molecule has 1 aromatic carbocycles. The minimum atomic E-state index is -0.104. The van der Waals surface area contributed by atoms with E-state index in [1.165, 1.54) is 18.2 Å². The molecular weight excluding hydrogens is 256 g/mol. The summed E-state index contributed by atoms with van der Waals surface area (Å²) in [5.74, 6) is -0.265. The fraction of sp³-hybridized carbons (Fsp3) is 0.533. The SMILES string of the molecule is O=C(c1cc(O)cc(O)c1)N(CC1CCCN1)C1CC1. The Bertz CT molecular complexity index is 488. The van der Waals surface area contributed by atoms with Gasteiger partial charge in [0.05, 0.1) is 0 Å². The number of amides is 1. The van der Waals surface area contributed by atoms with Crippen molar-refractivity contribution in [1.29, 1.82) is 0 Å². The summed E-state index contributed by atoms with van der Waals surface area (Å²) in [6.07, 6.45) is 4.35. The largest absolute Gasteiger partial charge is 0.508 e. The zero-order chi connectivity index (χ0) is 14.1. The number of hydrogen-bond acceptors (Lipinski definition) is 4. The van der Waals surface area contributed by atoms with E-state index in [1.54, 1.807) is 0 Å². The molecule has 1 saturated heterocycles. The Hall–Kier alpha value is -1.75. The summed E-state index contributed by atoms with van der Waals surface area (Å²) >= 11 is 0. The molecule has 0 aromatic heterocycles. The predicted octanol–water partition coefficient (Wildman–Crippen LogP) is 1.45. The van der Waals surface area contributed by atoms with Crippen molar-refractivity contribution in [2.75, 3.05) is 13.1 Å². The second kappa shape index (κ2) is 5.32. The van der Waals surface area contributed by atoms with E-state index >= 15 is 0 Å². The quantitative estimate of drug-likeness (QED) is 0.778. The molecule has 0 bridgehead atoms. The van der Waals surface area contributed by atoms with Gasteiger partial charge in [-0.05, 0) is 44.4 Å². The Morgan fingerprint density at radius 2 is 1.90 bits per heavy atom. The van der Waals surface area contributed by atoms with Gasteiger partial charge in [-0.1, -0.05) is 0 Å². The van der Waals surface area contributed by atoms with Crippen molar-refractivity contribution in [3.8, 4) is 11.5 Å². The van der Waals surface area contributed by atoms with Gasteiger partial charge in [0.25, 0.3) is 5.91 Å². The average molecular weight is 276 g/mol. The molecule has 1 atom stereocenters. The summed E-state index contributed by atoms with van der Waals surface area (Å²) < 4.78 is 0. The molecule has 1 heterocycles. The Morgan fingerprint density at radius 3 is 2.45 bits per heavy atom. The van der Waals surface area contributed by atoms with Crippen LogP contribution in [0.5, 0.6) is 11.5 Å². The van der Waals surface area contributed by atoms with Crippen LogP contribution in [0, 0.1) is 0 Å². The number of aromatic hydroxyl groups is 2. The smallest absolute Gasteiger partial charge is 0.254 e. The van der Waals surface area contributed by atoms with E-state index in [-0.39, 0.29) is 17.4 Å². The van der Waals surface area contributed by atoms with E-state index in [2.05, 4.69) is 5.32 Å².